The van der Waals surface area contributed by atoms with Crippen LogP contribution in [0.1, 0.15) is 286 Å². The summed E-state index contributed by atoms with van der Waals surface area (Å²) in [6.07, 6.45) is 41.9. The Hall–Kier alpha value is -0.930. The summed E-state index contributed by atoms with van der Waals surface area (Å²) in [4.78, 5) is 44.1. The quantitative estimate of drug-likeness (QED) is 0.0339. The smallest absolute Gasteiger partial charge is 0.305 e. The van der Waals surface area contributed by atoms with Crippen molar-refractivity contribution in [1.29, 1.82) is 0 Å². The van der Waals surface area contributed by atoms with E-state index in [4.69, 9.17) is 9.47 Å². The van der Waals surface area contributed by atoms with Crippen molar-refractivity contribution in [2.45, 2.75) is 292 Å². The van der Waals surface area contributed by atoms with E-state index in [1.54, 1.807) is 0 Å². The molecule has 0 heterocycles. The molecule has 0 saturated carbocycles. The van der Waals surface area contributed by atoms with Crippen molar-refractivity contribution < 1.29 is 23.9 Å². The number of carbonyl (C=O) groups excluding carboxylic acids is 3. The predicted molar refractivity (Wildman–Crippen MR) is 296 cm³/mol. The molecule has 7 nitrogen and oxygen atoms in total. The van der Waals surface area contributed by atoms with Gasteiger partial charge in [-0.1, -0.05) is 224 Å². The van der Waals surface area contributed by atoms with Crippen LogP contribution in [-0.2, 0) is 23.9 Å². The van der Waals surface area contributed by atoms with Gasteiger partial charge in [0.15, 0.2) is 0 Å². The van der Waals surface area contributed by atoms with Crippen molar-refractivity contribution in [2.75, 3.05) is 50.9 Å². The molecule has 0 saturated heterocycles. The third-order valence-corrected chi connectivity index (χ3v) is 16.5. The highest BCUT2D eigenvalue weighted by molar-refractivity contribution is 8.76. The maximum Gasteiger partial charge on any atom is 0.305 e. The largest absolute Gasteiger partial charge is 0.465 e. The standard InChI is InChI=1S/C58H114N2O5S2/c1-8-15-20-30-40-53(38-18-11-4)51-64-57(62)44-34-28-24-22-26-32-42-55(60(48-37-47-59(13-6)14-7)56(61)46-50-67-66-49-36-17-10-3)43-33-27-23-25-29-35-45-58(63)65-52-54(39-19-12-5)41-31-21-16-9-2/h53-55H,8-52H2,1-7H3. The van der Waals surface area contributed by atoms with E-state index in [0.29, 0.717) is 56.3 Å². The molecule has 2 unspecified atom stereocenters. The molecule has 2 atom stereocenters. The average Bonchev–Trinajstić information content (AvgIpc) is 3.33. The second-order valence-electron chi connectivity index (χ2n) is 20.1. The monoisotopic (exact) mass is 983 g/mol. The minimum absolute atomic E-state index is 0.00768. The van der Waals surface area contributed by atoms with Crippen LogP contribution in [0.15, 0.2) is 0 Å². The predicted octanol–water partition coefficient (Wildman–Crippen LogP) is 17.8. The highest BCUT2D eigenvalue weighted by Crippen LogP contribution is 2.26. The third-order valence-electron chi connectivity index (χ3n) is 14.0. The lowest BCUT2D eigenvalue weighted by Gasteiger charge is -2.33. The Morgan fingerprint density at radius 3 is 1.24 bits per heavy atom. The first-order valence-corrected chi connectivity index (χ1v) is 31.9. The number of unbranched alkanes of at least 4 members (excludes halogenated alkanes) is 20. The Morgan fingerprint density at radius 1 is 0.388 bits per heavy atom. The molecule has 0 N–H and O–H groups in total. The number of carbonyl (C=O) groups is 3. The van der Waals surface area contributed by atoms with Crippen LogP contribution in [0.4, 0.5) is 0 Å². The molecule has 0 fully saturated rings. The van der Waals surface area contributed by atoms with Gasteiger partial charge >= 0.3 is 11.9 Å². The van der Waals surface area contributed by atoms with Crippen molar-refractivity contribution in [3.05, 3.63) is 0 Å². The Bertz CT molecular complexity index is 1020. The van der Waals surface area contributed by atoms with E-state index >= 15 is 0 Å². The fourth-order valence-corrected chi connectivity index (χ4v) is 11.5. The van der Waals surface area contributed by atoms with Gasteiger partial charge in [-0.2, -0.15) is 0 Å². The van der Waals surface area contributed by atoms with E-state index in [2.05, 4.69) is 58.3 Å². The molecular weight excluding hydrogens is 869 g/mol. The molecule has 398 valence electrons. The zero-order valence-electron chi connectivity index (χ0n) is 45.8. The van der Waals surface area contributed by atoms with E-state index < -0.39 is 0 Å². The van der Waals surface area contributed by atoms with Crippen molar-refractivity contribution in [3.8, 4) is 0 Å². The average molecular weight is 984 g/mol. The summed E-state index contributed by atoms with van der Waals surface area (Å²) in [5.41, 5.74) is 0. The first-order valence-electron chi connectivity index (χ1n) is 29.4. The highest BCUT2D eigenvalue weighted by Gasteiger charge is 2.23. The first kappa shape index (κ1) is 66.1. The maximum atomic E-state index is 14.1. The van der Waals surface area contributed by atoms with Crippen molar-refractivity contribution in [2.24, 2.45) is 11.8 Å². The van der Waals surface area contributed by atoms with E-state index in [9.17, 15) is 14.4 Å². The lowest BCUT2D eigenvalue weighted by atomic mass is 9.96. The molecule has 0 aromatic carbocycles. The minimum atomic E-state index is -0.00768. The second kappa shape index (κ2) is 51.4. The third kappa shape index (κ3) is 42.5. The van der Waals surface area contributed by atoms with Crippen LogP contribution in [0.25, 0.3) is 0 Å². The summed E-state index contributed by atoms with van der Waals surface area (Å²) in [5.74, 6) is 3.45. The van der Waals surface area contributed by atoms with Crippen molar-refractivity contribution in [1.82, 2.24) is 9.80 Å². The van der Waals surface area contributed by atoms with Gasteiger partial charge in [0.05, 0.1) is 13.2 Å². The molecular formula is C58H114N2O5S2. The Balaban J connectivity index is 5.13. The maximum absolute atomic E-state index is 14.1. The molecule has 9 heteroatoms. The fraction of sp³-hybridized carbons (Fsp3) is 0.948. The van der Waals surface area contributed by atoms with Crippen LogP contribution in [0, 0.1) is 11.8 Å². The summed E-state index contributed by atoms with van der Waals surface area (Å²) in [5, 5.41) is 0. The number of rotatable bonds is 53. The molecule has 0 aliphatic heterocycles. The number of hydrogen-bond acceptors (Lipinski definition) is 8. The Labute approximate surface area is 425 Å². The molecule has 0 aromatic rings. The SMILES string of the molecule is CCCCCCC(CCCC)COC(=O)CCCCCCCCC(CCCCCCCCC(=O)OCC(CCCC)CCCCCC)N(CCCN(CC)CC)C(=O)CCSSCCCCC. The van der Waals surface area contributed by atoms with Gasteiger partial charge in [-0.25, -0.2) is 0 Å². The van der Waals surface area contributed by atoms with Crippen molar-refractivity contribution in [3.63, 3.8) is 0 Å². The zero-order chi connectivity index (χ0) is 49.3. The van der Waals surface area contributed by atoms with Crippen LogP contribution in [-0.4, -0.2) is 84.6 Å². The summed E-state index contributed by atoms with van der Waals surface area (Å²) in [7, 11) is 3.83. The van der Waals surface area contributed by atoms with Crippen LogP contribution < -0.4 is 0 Å². The summed E-state index contributed by atoms with van der Waals surface area (Å²) in [6, 6.07) is 0.302. The minimum Gasteiger partial charge on any atom is -0.465 e. The van der Waals surface area contributed by atoms with Gasteiger partial charge in [0.25, 0.3) is 0 Å². The fourth-order valence-electron chi connectivity index (χ4n) is 9.38. The molecule has 1 amide bonds. The topological polar surface area (TPSA) is 76.2 Å². The van der Waals surface area contributed by atoms with Gasteiger partial charge in [-0.3, -0.25) is 14.4 Å². The Kier molecular flexibility index (Phi) is 50.7. The molecule has 0 radical (unpaired) electrons. The first-order chi connectivity index (χ1) is 32.8. The van der Waals surface area contributed by atoms with Gasteiger partial charge in [0.2, 0.25) is 5.91 Å². The number of hydrogen-bond donors (Lipinski definition) is 0. The highest BCUT2D eigenvalue weighted by atomic mass is 33.1. The zero-order valence-corrected chi connectivity index (χ0v) is 47.4. The van der Waals surface area contributed by atoms with Crippen molar-refractivity contribution >= 4 is 39.4 Å². The summed E-state index contributed by atoms with van der Waals surface area (Å²) < 4.78 is 11.6. The number of ether oxygens (including phenoxy) is 2. The molecule has 0 spiro atoms. The van der Waals surface area contributed by atoms with Gasteiger partial charge in [-0.15, -0.1) is 0 Å². The summed E-state index contributed by atoms with van der Waals surface area (Å²) >= 11 is 0. The van der Waals surface area contributed by atoms with E-state index in [-0.39, 0.29) is 11.9 Å². The second-order valence-corrected chi connectivity index (χ2v) is 22.8. The number of nitrogens with zero attached hydrogens (tertiary/aromatic N) is 2. The molecule has 0 aromatic heterocycles. The number of amides is 1. The van der Waals surface area contributed by atoms with E-state index in [0.717, 1.165) is 103 Å². The molecule has 0 rings (SSSR count). The van der Waals surface area contributed by atoms with Crippen LogP contribution in [0.2, 0.25) is 0 Å². The summed E-state index contributed by atoms with van der Waals surface area (Å²) in [6.45, 7) is 21.0. The van der Waals surface area contributed by atoms with Gasteiger partial charge in [-0.05, 0) is 95.7 Å². The van der Waals surface area contributed by atoms with Crippen LogP contribution in [0.5, 0.6) is 0 Å². The van der Waals surface area contributed by atoms with Gasteiger partial charge < -0.3 is 19.3 Å². The van der Waals surface area contributed by atoms with Crippen LogP contribution >= 0.6 is 21.6 Å². The molecule has 0 bridgehead atoms. The van der Waals surface area contributed by atoms with Crippen LogP contribution in [0.3, 0.4) is 0 Å². The lowest BCUT2D eigenvalue weighted by Crippen LogP contribution is -2.42. The van der Waals surface area contributed by atoms with Gasteiger partial charge in [0.1, 0.15) is 0 Å². The normalized spacial score (nSPS) is 13.0. The number of esters is 2. The van der Waals surface area contributed by atoms with E-state index in [1.807, 2.05) is 21.6 Å². The lowest BCUT2D eigenvalue weighted by molar-refractivity contribution is -0.146. The Morgan fingerprint density at radius 2 is 0.776 bits per heavy atom. The molecule has 0 aliphatic carbocycles. The molecule has 67 heavy (non-hydrogen) atoms. The van der Waals surface area contributed by atoms with E-state index in [1.165, 1.54) is 153 Å². The van der Waals surface area contributed by atoms with Gasteiger partial charge in [0, 0.05) is 43.4 Å². The molecule has 0 aliphatic rings.